The van der Waals surface area contributed by atoms with E-state index in [0.717, 1.165) is 24.2 Å². The van der Waals surface area contributed by atoms with Gasteiger partial charge >= 0.3 is 0 Å². The van der Waals surface area contributed by atoms with E-state index in [1.165, 1.54) is 12.8 Å². The Hall–Kier alpha value is -1.59. The van der Waals surface area contributed by atoms with Gasteiger partial charge < -0.3 is 20.1 Å². The van der Waals surface area contributed by atoms with E-state index in [1.54, 1.807) is 7.11 Å². The molecule has 5 heteroatoms. The smallest absolute Gasteiger partial charge is 0.224 e. The van der Waals surface area contributed by atoms with Gasteiger partial charge in [0.1, 0.15) is 12.4 Å². The van der Waals surface area contributed by atoms with Gasteiger partial charge in [0.05, 0.1) is 12.3 Å². The van der Waals surface area contributed by atoms with Gasteiger partial charge in [0.2, 0.25) is 5.91 Å². The zero-order valence-electron chi connectivity index (χ0n) is 13.5. The Bertz CT molecular complexity index is 485. The SMILES string of the molecule is COCCOc1cc(C)ccc1NC(=O)CCC1CCCN1. The summed E-state index contributed by atoms with van der Waals surface area (Å²) in [5, 5.41) is 6.37. The fraction of sp³-hybridized carbons (Fsp3) is 0.588. The molecule has 0 aromatic heterocycles. The van der Waals surface area contributed by atoms with Crippen LogP contribution in [0.25, 0.3) is 0 Å². The summed E-state index contributed by atoms with van der Waals surface area (Å²) in [5.41, 5.74) is 1.83. The van der Waals surface area contributed by atoms with Crippen LogP contribution in [0.2, 0.25) is 0 Å². The third-order valence-electron chi connectivity index (χ3n) is 3.84. The van der Waals surface area contributed by atoms with Gasteiger partial charge in [-0.2, -0.15) is 0 Å². The number of amides is 1. The van der Waals surface area contributed by atoms with Crippen molar-refractivity contribution in [1.82, 2.24) is 5.32 Å². The number of hydrogen-bond donors (Lipinski definition) is 2. The summed E-state index contributed by atoms with van der Waals surface area (Å²) >= 11 is 0. The van der Waals surface area contributed by atoms with E-state index < -0.39 is 0 Å². The fourth-order valence-electron chi connectivity index (χ4n) is 2.61. The minimum absolute atomic E-state index is 0.0362. The number of carbonyl (C=O) groups excluding carboxylic acids is 1. The standard InChI is InChI=1S/C17H26N2O3/c1-13-5-7-15(16(12-13)22-11-10-21-2)19-17(20)8-6-14-4-3-9-18-14/h5,7,12,14,18H,3-4,6,8-11H2,1-2H3,(H,19,20). The number of carbonyl (C=O) groups is 1. The summed E-state index contributed by atoms with van der Waals surface area (Å²) in [4.78, 5) is 12.1. The van der Waals surface area contributed by atoms with Crippen LogP contribution in [-0.2, 0) is 9.53 Å². The van der Waals surface area contributed by atoms with Crippen molar-refractivity contribution in [3.8, 4) is 5.75 Å². The van der Waals surface area contributed by atoms with Crippen molar-refractivity contribution in [3.05, 3.63) is 23.8 Å². The predicted molar refractivity (Wildman–Crippen MR) is 87.4 cm³/mol. The molecule has 2 rings (SSSR count). The molecule has 1 unspecified atom stereocenters. The molecule has 1 heterocycles. The minimum Gasteiger partial charge on any atom is -0.489 e. The van der Waals surface area contributed by atoms with Crippen LogP contribution in [0.15, 0.2) is 18.2 Å². The van der Waals surface area contributed by atoms with Gasteiger partial charge in [0.15, 0.2) is 0 Å². The zero-order chi connectivity index (χ0) is 15.8. The van der Waals surface area contributed by atoms with Crippen LogP contribution in [0.1, 0.15) is 31.2 Å². The molecule has 122 valence electrons. The van der Waals surface area contributed by atoms with Crippen molar-refractivity contribution < 1.29 is 14.3 Å². The Labute approximate surface area is 132 Å². The highest BCUT2D eigenvalue weighted by atomic mass is 16.5. The number of nitrogens with one attached hydrogen (secondary N) is 2. The van der Waals surface area contributed by atoms with Crippen molar-refractivity contribution in [2.45, 2.75) is 38.6 Å². The summed E-state index contributed by atoms with van der Waals surface area (Å²) < 4.78 is 10.7. The second-order valence-corrected chi connectivity index (χ2v) is 5.72. The first kappa shape index (κ1) is 16.8. The highest BCUT2D eigenvalue weighted by Gasteiger charge is 2.16. The molecular formula is C17H26N2O3. The maximum Gasteiger partial charge on any atom is 0.224 e. The van der Waals surface area contributed by atoms with E-state index >= 15 is 0 Å². The molecule has 0 aliphatic carbocycles. The molecule has 1 aliphatic heterocycles. The third kappa shape index (κ3) is 5.31. The lowest BCUT2D eigenvalue weighted by atomic mass is 10.1. The topological polar surface area (TPSA) is 59.6 Å². The van der Waals surface area contributed by atoms with Crippen molar-refractivity contribution in [1.29, 1.82) is 0 Å². The first-order valence-electron chi connectivity index (χ1n) is 7.94. The summed E-state index contributed by atoms with van der Waals surface area (Å²) in [6.45, 7) is 4.06. The molecule has 1 fully saturated rings. The number of hydrogen-bond acceptors (Lipinski definition) is 4. The molecule has 0 radical (unpaired) electrons. The van der Waals surface area contributed by atoms with E-state index in [0.29, 0.717) is 31.4 Å². The van der Waals surface area contributed by atoms with E-state index in [1.807, 2.05) is 25.1 Å². The van der Waals surface area contributed by atoms with Gasteiger partial charge in [-0.1, -0.05) is 6.07 Å². The number of ether oxygens (including phenoxy) is 2. The third-order valence-corrected chi connectivity index (χ3v) is 3.84. The lowest BCUT2D eigenvalue weighted by Crippen LogP contribution is -2.23. The Morgan fingerprint density at radius 3 is 3.00 bits per heavy atom. The van der Waals surface area contributed by atoms with E-state index in [-0.39, 0.29) is 5.91 Å². The predicted octanol–water partition coefficient (Wildman–Crippen LogP) is 2.49. The maximum absolute atomic E-state index is 12.1. The number of methoxy groups -OCH3 is 1. The van der Waals surface area contributed by atoms with Crippen LogP contribution >= 0.6 is 0 Å². The van der Waals surface area contributed by atoms with Crippen LogP contribution < -0.4 is 15.4 Å². The van der Waals surface area contributed by atoms with E-state index in [9.17, 15) is 4.79 Å². The molecule has 0 saturated carbocycles. The zero-order valence-corrected chi connectivity index (χ0v) is 13.5. The van der Waals surface area contributed by atoms with Crippen LogP contribution in [0.3, 0.4) is 0 Å². The largest absolute Gasteiger partial charge is 0.489 e. The Morgan fingerprint density at radius 2 is 2.27 bits per heavy atom. The highest BCUT2D eigenvalue weighted by molar-refractivity contribution is 5.92. The lowest BCUT2D eigenvalue weighted by molar-refractivity contribution is -0.116. The molecule has 5 nitrogen and oxygen atoms in total. The fourth-order valence-corrected chi connectivity index (χ4v) is 2.61. The molecule has 1 saturated heterocycles. The lowest BCUT2D eigenvalue weighted by Gasteiger charge is -2.14. The molecule has 1 atom stereocenters. The summed E-state index contributed by atoms with van der Waals surface area (Å²) in [6, 6.07) is 6.28. The molecular weight excluding hydrogens is 280 g/mol. The number of aryl methyl sites for hydroxylation is 1. The normalized spacial score (nSPS) is 17.5. The highest BCUT2D eigenvalue weighted by Crippen LogP contribution is 2.26. The number of benzene rings is 1. The summed E-state index contributed by atoms with van der Waals surface area (Å²) in [6.07, 6.45) is 3.80. The van der Waals surface area contributed by atoms with Crippen molar-refractivity contribution in [2.24, 2.45) is 0 Å². The van der Waals surface area contributed by atoms with Crippen molar-refractivity contribution in [2.75, 3.05) is 32.2 Å². The van der Waals surface area contributed by atoms with Gasteiger partial charge in [-0.3, -0.25) is 4.79 Å². The second kappa shape index (κ2) is 8.76. The Balaban J connectivity index is 1.87. The minimum atomic E-state index is 0.0362. The molecule has 1 aromatic rings. The second-order valence-electron chi connectivity index (χ2n) is 5.72. The molecule has 22 heavy (non-hydrogen) atoms. The monoisotopic (exact) mass is 306 g/mol. The number of anilines is 1. The van der Waals surface area contributed by atoms with Crippen molar-refractivity contribution in [3.63, 3.8) is 0 Å². The quantitative estimate of drug-likeness (QED) is 0.725. The average Bonchev–Trinajstić information content (AvgIpc) is 3.01. The first-order valence-corrected chi connectivity index (χ1v) is 7.94. The van der Waals surface area contributed by atoms with E-state index in [4.69, 9.17) is 9.47 Å². The van der Waals surface area contributed by atoms with E-state index in [2.05, 4.69) is 10.6 Å². The maximum atomic E-state index is 12.1. The first-order chi connectivity index (χ1) is 10.7. The Kier molecular flexibility index (Phi) is 6.68. The van der Waals surface area contributed by atoms with Crippen LogP contribution in [0.5, 0.6) is 5.75 Å². The summed E-state index contributed by atoms with van der Waals surface area (Å²) in [7, 11) is 1.64. The van der Waals surface area contributed by atoms with Crippen LogP contribution in [0, 0.1) is 6.92 Å². The van der Waals surface area contributed by atoms with Crippen molar-refractivity contribution >= 4 is 11.6 Å². The molecule has 2 N–H and O–H groups in total. The van der Waals surface area contributed by atoms with Gasteiger partial charge in [-0.25, -0.2) is 0 Å². The van der Waals surface area contributed by atoms with Crippen LogP contribution in [0.4, 0.5) is 5.69 Å². The van der Waals surface area contributed by atoms with Gasteiger partial charge in [-0.05, 0) is 50.4 Å². The molecule has 0 bridgehead atoms. The van der Waals surface area contributed by atoms with Gasteiger partial charge in [-0.15, -0.1) is 0 Å². The average molecular weight is 306 g/mol. The van der Waals surface area contributed by atoms with Gasteiger partial charge in [0, 0.05) is 19.6 Å². The number of rotatable bonds is 8. The molecule has 0 spiro atoms. The molecule has 1 aromatic carbocycles. The summed E-state index contributed by atoms with van der Waals surface area (Å²) in [5.74, 6) is 0.735. The molecule has 1 aliphatic rings. The van der Waals surface area contributed by atoms with Crippen LogP contribution in [-0.4, -0.2) is 38.8 Å². The van der Waals surface area contributed by atoms with Gasteiger partial charge in [0.25, 0.3) is 0 Å². The Morgan fingerprint density at radius 1 is 1.41 bits per heavy atom. The molecule has 1 amide bonds.